The van der Waals surface area contributed by atoms with Crippen molar-refractivity contribution >= 4 is 46.2 Å². The Hall–Kier alpha value is -4.45. The Bertz CT molecular complexity index is 1370. The second kappa shape index (κ2) is 11.8. The molecular weight excluding hydrogens is 482 g/mol. The summed E-state index contributed by atoms with van der Waals surface area (Å²) in [5.41, 5.74) is 6.09. The Labute approximate surface area is 210 Å². The van der Waals surface area contributed by atoms with Gasteiger partial charge >= 0.3 is 0 Å². The highest BCUT2D eigenvalue weighted by atomic mass is 32.2. The van der Waals surface area contributed by atoms with Crippen molar-refractivity contribution in [2.24, 2.45) is 10.2 Å². The zero-order valence-corrected chi connectivity index (χ0v) is 19.8. The van der Waals surface area contributed by atoms with Crippen molar-refractivity contribution in [2.75, 3.05) is 10.8 Å². The highest BCUT2D eigenvalue weighted by Gasteiger charge is 2.16. The Balaban J connectivity index is 1.37. The molecule has 0 unspecified atom stereocenters. The molecule has 10 nitrogen and oxygen atoms in total. The van der Waals surface area contributed by atoms with Crippen LogP contribution in [0.2, 0.25) is 0 Å². The van der Waals surface area contributed by atoms with Crippen LogP contribution < -0.4 is 10.8 Å². The fraction of sp³-hybridized carbons (Fsp3) is 0.0400. The minimum Gasteiger partial charge on any atom is -0.508 e. The summed E-state index contributed by atoms with van der Waals surface area (Å²) in [4.78, 5) is 16.6. The first-order valence-corrected chi connectivity index (χ1v) is 11.4. The average Bonchev–Trinajstić information content (AvgIpc) is 2.89. The number of phenolic OH excluding ortho intramolecular Hbond substituents is 1. The molecular formula is C25H21N5O5S. The van der Waals surface area contributed by atoms with Crippen LogP contribution >= 0.6 is 12.0 Å². The Morgan fingerprint density at radius 3 is 2.33 bits per heavy atom. The molecule has 4 rings (SSSR count). The van der Waals surface area contributed by atoms with Gasteiger partial charge in [0.05, 0.1) is 34.0 Å². The molecule has 4 aromatic carbocycles. The number of hydrogen-bond acceptors (Lipinski definition) is 10. The topological polar surface area (TPSA) is 131 Å². The van der Waals surface area contributed by atoms with Crippen molar-refractivity contribution in [1.29, 1.82) is 0 Å². The summed E-state index contributed by atoms with van der Waals surface area (Å²) < 4.78 is 5.03. The molecule has 0 heterocycles. The molecule has 3 N–H and O–H groups in total. The number of benzene rings is 4. The molecule has 0 atom stereocenters. The van der Waals surface area contributed by atoms with E-state index < -0.39 is 4.92 Å². The molecule has 0 aliphatic heterocycles. The predicted molar refractivity (Wildman–Crippen MR) is 138 cm³/mol. The Morgan fingerprint density at radius 2 is 1.61 bits per heavy atom. The van der Waals surface area contributed by atoms with Crippen LogP contribution in [0.25, 0.3) is 0 Å². The van der Waals surface area contributed by atoms with Gasteiger partial charge in [0, 0.05) is 16.6 Å². The molecule has 0 saturated heterocycles. The molecule has 0 bridgehead atoms. The summed E-state index contributed by atoms with van der Waals surface area (Å²) in [7, 11) is 0. The zero-order chi connectivity index (χ0) is 25.3. The monoisotopic (exact) mass is 503 g/mol. The largest absolute Gasteiger partial charge is 0.508 e. The third-order valence-corrected chi connectivity index (χ3v) is 5.45. The molecule has 4 aromatic rings. The lowest BCUT2D eigenvalue weighted by Gasteiger charge is -2.09. The Morgan fingerprint density at radius 1 is 0.889 bits per heavy atom. The number of azo groups is 1. The number of nitrogens with zero attached hydrogens (tertiary/aromatic N) is 3. The van der Waals surface area contributed by atoms with Crippen molar-refractivity contribution in [2.45, 2.75) is 11.8 Å². The van der Waals surface area contributed by atoms with E-state index in [-0.39, 0.29) is 11.4 Å². The summed E-state index contributed by atoms with van der Waals surface area (Å²) in [5.74, 6) is 0.200. The molecule has 0 aliphatic carbocycles. The number of aryl methyl sites for hydroxylation is 1. The maximum atomic E-state index is 11.6. The van der Waals surface area contributed by atoms with Crippen LogP contribution in [0.5, 0.6) is 5.75 Å². The molecule has 36 heavy (non-hydrogen) atoms. The van der Waals surface area contributed by atoms with Gasteiger partial charge < -0.3 is 10.4 Å². The number of rotatable bonds is 10. The van der Waals surface area contributed by atoms with Gasteiger partial charge in [-0.15, -0.1) is 9.32 Å². The summed E-state index contributed by atoms with van der Waals surface area (Å²) in [6.45, 7) is 1.78. The fourth-order valence-corrected chi connectivity index (χ4v) is 3.46. The standard InChI is InChI=1S/C25H21N5O5S/c1-17-15-21(11-14-25(17)31)28-27-19-9-7-18(8-10-19)26-23-13-12-22(16-24(23)30(32)33)36-35-34-29-20-5-3-2-4-6-20/h2-16,26,29,31H,1H3. The van der Waals surface area contributed by atoms with Gasteiger partial charge in [0.1, 0.15) is 11.4 Å². The molecule has 11 heteroatoms. The molecule has 0 aliphatic rings. The van der Waals surface area contributed by atoms with E-state index >= 15 is 0 Å². The Kier molecular flexibility index (Phi) is 8.08. The van der Waals surface area contributed by atoms with E-state index in [4.69, 9.17) is 9.32 Å². The first-order chi connectivity index (χ1) is 17.5. The molecule has 0 aromatic heterocycles. The van der Waals surface area contributed by atoms with E-state index in [1.165, 1.54) is 6.07 Å². The molecule has 0 radical (unpaired) electrons. The highest BCUT2D eigenvalue weighted by molar-refractivity contribution is 7.94. The molecule has 0 spiro atoms. The van der Waals surface area contributed by atoms with Crippen molar-refractivity contribution in [3.05, 3.63) is 107 Å². The predicted octanol–water partition coefficient (Wildman–Crippen LogP) is 7.75. The van der Waals surface area contributed by atoms with Crippen LogP contribution in [0.15, 0.2) is 106 Å². The van der Waals surface area contributed by atoms with Gasteiger partial charge in [-0.1, -0.05) is 18.2 Å². The second-order valence-corrected chi connectivity index (χ2v) is 8.26. The van der Waals surface area contributed by atoms with Crippen LogP contribution in [-0.4, -0.2) is 10.0 Å². The summed E-state index contributed by atoms with van der Waals surface area (Å²) in [6, 6.07) is 25.7. The number of hydrogen-bond donors (Lipinski definition) is 3. The summed E-state index contributed by atoms with van der Waals surface area (Å²) >= 11 is 0.840. The molecule has 0 fully saturated rings. The zero-order valence-electron chi connectivity index (χ0n) is 19.0. The maximum absolute atomic E-state index is 11.6. The third kappa shape index (κ3) is 6.79. The molecule has 0 saturated carbocycles. The molecule has 0 amide bonds. The minimum atomic E-state index is -0.475. The van der Waals surface area contributed by atoms with Gasteiger partial charge in [0.2, 0.25) is 0 Å². The van der Waals surface area contributed by atoms with E-state index in [1.54, 1.807) is 73.7 Å². The number of nitro groups is 1. The fourth-order valence-electron chi connectivity index (χ4n) is 3.03. The SMILES string of the molecule is Cc1cc(N=Nc2ccc(Nc3ccc(SOONc4ccccc4)cc3[N+](=O)[O-])cc2)ccc1O. The maximum Gasteiger partial charge on any atom is 0.293 e. The normalized spacial score (nSPS) is 10.9. The highest BCUT2D eigenvalue weighted by Crippen LogP contribution is 2.33. The summed E-state index contributed by atoms with van der Waals surface area (Å²) in [6.07, 6.45) is 0. The lowest BCUT2D eigenvalue weighted by atomic mass is 10.2. The number of phenols is 1. The first kappa shape index (κ1) is 24.7. The van der Waals surface area contributed by atoms with Crippen molar-refractivity contribution in [1.82, 2.24) is 0 Å². The van der Waals surface area contributed by atoms with Gasteiger partial charge in [-0.3, -0.25) is 10.1 Å². The van der Waals surface area contributed by atoms with Gasteiger partial charge in [-0.2, -0.15) is 10.2 Å². The van der Waals surface area contributed by atoms with Crippen molar-refractivity contribution < 1.29 is 19.4 Å². The lowest BCUT2D eigenvalue weighted by molar-refractivity contribution is -0.384. The minimum absolute atomic E-state index is 0.119. The summed E-state index contributed by atoms with van der Waals surface area (Å²) in [5, 5.41) is 32.6. The number of nitro benzene ring substituents is 1. The first-order valence-electron chi connectivity index (χ1n) is 10.7. The van der Waals surface area contributed by atoms with Gasteiger partial charge in [-0.05, 0) is 79.2 Å². The lowest BCUT2D eigenvalue weighted by Crippen LogP contribution is -1.99. The van der Waals surface area contributed by atoms with Gasteiger partial charge in [-0.25, -0.2) is 5.48 Å². The smallest absolute Gasteiger partial charge is 0.293 e. The molecule has 182 valence electrons. The average molecular weight is 504 g/mol. The van der Waals surface area contributed by atoms with Crippen LogP contribution in [0.3, 0.4) is 0 Å². The van der Waals surface area contributed by atoms with Crippen LogP contribution in [0, 0.1) is 17.0 Å². The second-order valence-electron chi connectivity index (χ2n) is 7.48. The number of nitrogens with one attached hydrogen (secondary N) is 2. The quantitative estimate of drug-likeness (QED) is 0.0500. The van der Waals surface area contributed by atoms with Gasteiger partial charge in [0.15, 0.2) is 0 Å². The van der Waals surface area contributed by atoms with E-state index in [0.717, 1.165) is 12.0 Å². The third-order valence-electron chi connectivity index (χ3n) is 4.87. The van der Waals surface area contributed by atoms with E-state index in [0.29, 0.717) is 38.9 Å². The van der Waals surface area contributed by atoms with Crippen molar-refractivity contribution in [3.63, 3.8) is 0 Å². The van der Waals surface area contributed by atoms with Crippen LogP contribution in [0.4, 0.5) is 34.1 Å². The number of anilines is 3. The van der Waals surface area contributed by atoms with E-state index in [9.17, 15) is 15.2 Å². The van der Waals surface area contributed by atoms with Crippen LogP contribution in [0.1, 0.15) is 5.56 Å². The van der Waals surface area contributed by atoms with E-state index in [2.05, 4.69) is 21.0 Å². The number of aromatic hydroxyl groups is 1. The number of para-hydroxylation sites is 1. The van der Waals surface area contributed by atoms with Crippen LogP contribution in [-0.2, 0) is 9.32 Å². The van der Waals surface area contributed by atoms with E-state index in [1.807, 2.05) is 18.2 Å². The van der Waals surface area contributed by atoms with Gasteiger partial charge in [0.25, 0.3) is 5.69 Å². The van der Waals surface area contributed by atoms with Crippen molar-refractivity contribution in [3.8, 4) is 5.75 Å².